The van der Waals surface area contributed by atoms with Gasteiger partial charge in [0.25, 0.3) is 0 Å². The number of halogens is 2. The Bertz CT molecular complexity index is 730. The third-order valence-electron chi connectivity index (χ3n) is 6.12. The Morgan fingerprint density at radius 3 is 2.57 bits per heavy atom. The molecule has 5 nitrogen and oxygen atoms in total. The zero-order valence-corrected chi connectivity index (χ0v) is 16.7. The molecular formula is C21H29F2N3O2. The molecule has 1 aromatic rings. The van der Waals surface area contributed by atoms with E-state index in [4.69, 9.17) is 0 Å². The highest BCUT2D eigenvalue weighted by Gasteiger charge is 2.41. The van der Waals surface area contributed by atoms with Gasteiger partial charge in [0.15, 0.2) is 11.6 Å². The normalized spacial score (nSPS) is 19.5. The maximum absolute atomic E-state index is 13.8. The highest BCUT2D eigenvalue weighted by Crippen LogP contribution is 2.40. The summed E-state index contributed by atoms with van der Waals surface area (Å²) in [5.74, 6) is -1.82. The van der Waals surface area contributed by atoms with Gasteiger partial charge in [0.1, 0.15) is 0 Å². The number of hydrogen-bond donors (Lipinski definition) is 0. The first-order valence-corrected chi connectivity index (χ1v) is 9.93. The van der Waals surface area contributed by atoms with Crippen LogP contribution in [0, 0.1) is 17.0 Å². The van der Waals surface area contributed by atoms with Gasteiger partial charge in [0, 0.05) is 44.7 Å². The Labute approximate surface area is 165 Å². The summed E-state index contributed by atoms with van der Waals surface area (Å²) in [4.78, 5) is 30.6. The number of rotatable bonds is 5. The molecule has 0 atom stereocenters. The van der Waals surface area contributed by atoms with Crippen LogP contribution in [0.25, 0.3) is 0 Å². The van der Waals surface area contributed by atoms with Gasteiger partial charge in [-0.05, 0) is 44.8 Å². The first kappa shape index (κ1) is 20.7. The number of hydrogen-bond acceptors (Lipinski definition) is 3. The quantitative estimate of drug-likeness (QED) is 0.771. The number of carbonyl (C=O) groups is 2. The van der Waals surface area contributed by atoms with Crippen molar-refractivity contribution in [1.82, 2.24) is 14.7 Å². The molecule has 2 amide bonds. The van der Waals surface area contributed by atoms with Crippen LogP contribution in [0.2, 0.25) is 0 Å². The van der Waals surface area contributed by atoms with Crippen molar-refractivity contribution in [3.8, 4) is 0 Å². The molecule has 3 rings (SSSR count). The highest BCUT2D eigenvalue weighted by atomic mass is 19.2. The van der Waals surface area contributed by atoms with Crippen molar-refractivity contribution in [2.24, 2.45) is 5.41 Å². The van der Waals surface area contributed by atoms with Crippen LogP contribution in [0.15, 0.2) is 18.2 Å². The molecule has 0 N–H and O–H groups in total. The van der Waals surface area contributed by atoms with Crippen LogP contribution in [0.3, 0.4) is 0 Å². The standard InChI is InChI=1S/C21H29F2N3O2/c1-24(2)12-13-26-15-21(7-6-18(26)27)8-10-25(11-9-21)19(28)14-16-4-3-5-17(22)20(16)23/h3-5H,6-15H2,1-2H3. The van der Waals surface area contributed by atoms with Crippen molar-refractivity contribution < 1.29 is 18.4 Å². The third kappa shape index (κ3) is 4.69. The predicted molar refractivity (Wildman–Crippen MR) is 103 cm³/mol. The number of benzene rings is 1. The molecule has 0 aromatic heterocycles. The molecule has 7 heteroatoms. The molecule has 28 heavy (non-hydrogen) atoms. The lowest BCUT2D eigenvalue weighted by Crippen LogP contribution is -2.53. The third-order valence-corrected chi connectivity index (χ3v) is 6.12. The highest BCUT2D eigenvalue weighted by molar-refractivity contribution is 5.79. The zero-order valence-electron chi connectivity index (χ0n) is 16.7. The van der Waals surface area contributed by atoms with E-state index in [1.165, 1.54) is 12.1 Å². The number of amides is 2. The summed E-state index contributed by atoms with van der Waals surface area (Å²) >= 11 is 0. The Balaban J connectivity index is 1.56. The van der Waals surface area contributed by atoms with Crippen molar-refractivity contribution in [3.05, 3.63) is 35.4 Å². The molecule has 0 unspecified atom stereocenters. The molecule has 2 heterocycles. The Morgan fingerprint density at radius 2 is 1.89 bits per heavy atom. The monoisotopic (exact) mass is 393 g/mol. The van der Waals surface area contributed by atoms with Crippen LogP contribution in [0.1, 0.15) is 31.2 Å². The molecule has 0 saturated carbocycles. The summed E-state index contributed by atoms with van der Waals surface area (Å²) in [6.07, 6.45) is 3.00. The summed E-state index contributed by atoms with van der Waals surface area (Å²) in [5, 5.41) is 0. The first-order valence-electron chi connectivity index (χ1n) is 9.93. The van der Waals surface area contributed by atoms with Crippen LogP contribution in [-0.2, 0) is 16.0 Å². The predicted octanol–water partition coefficient (Wildman–Crippen LogP) is 2.30. The minimum atomic E-state index is -0.938. The maximum Gasteiger partial charge on any atom is 0.227 e. The molecule has 154 valence electrons. The van der Waals surface area contributed by atoms with Crippen LogP contribution in [0.5, 0.6) is 0 Å². The molecule has 2 aliphatic heterocycles. The number of likely N-dealkylation sites (tertiary alicyclic amines) is 2. The average Bonchev–Trinajstić information content (AvgIpc) is 2.67. The van der Waals surface area contributed by atoms with Gasteiger partial charge in [-0.2, -0.15) is 0 Å². The fraction of sp³-hybridized carbons (Fsp3) is 0.619. The van der Waals surface area contributed by atoms with Crippen LogP contribution < -0.4 is 0 Å². The van der Waals surface area contributed by atoms with Crippen molar-refractivity contribution >= 4 is 11.8 Å². The van der Waals surface area contributed by atoms with Gasteiger partial charge in [-0.25, -0.2) is 8.78 Å². The van der Waals surface area contributed by atoms with Crippen molar-refractivity contribution in [1.29, 1.82) is 0 Å². The largest absolute Gasteiger partial charge is 0.342 e. The zero-order chi connectivity index (χ0) is 20.3. The fourth-order valence-electron chi connectivity index (χ4n) is 4.23. The molecule has 2 saturated heterocycles. The summed E-state index contributed by atoms with van der Waals surface area (Å²) in [6.45, 7) is 3.53. The molecule has 0 aliphatic carbocycles. The smallest absolute Gasteiger partial charge is 0.227 e. The number of likely N-dealkylation sites (N-methyl/N-ethyl adjacent to an activating group) is 1. The van der Waals surface area contributed by atoms with Crippen LogP contribution in [-0.4, -0.2) is 73.3 Å². The lowest BCUT2D eigenvalue weighted by atomic mass is 9.72. The molecule has 1 aromatic carbocycles. The van der Waals surface area contributed by atoms with E-state index in [1.807, 2.05) is 19.0 Å². The lowest BCUT2D eigenvalue weighted by Gasteiger charge is -2.47. The van der Waals surface area contributed by atoms with Gasteiger partial charge in [0.05, 0.1) is 6.42 Å². The Kier molecular flexibility index (Phi) is 6.33. The second-order valence-electron chi connectivity index (χ2n) is 8.39. The van der Waals surface area contributed by atoms with E-state index in [1.54, 1.807) is 4.90 Å². The van der Waals surface area contributed by atoms with E-state index in [9.17, 15) is 18.4 Å². The van der Waals surface area contributed by atoms with E-state index in [0.717, 1.165) is 45.0 Å². The molecular weight excluding hydrogens is 364 g/mol. The minimum Gasteiger partial charge on any atom is -0.342 e. The second kappa shape index (κ2) is 8.55. The van der Waals surface area contributed by atoms with Gasteiger partial charge >= 0.3 is 0 Å². The van der Waals surface area contributed by atoms with E-state index < -0.39 is 11.6 Å². The number of piperidine rings is 2. The Morgan fingerprint density at radius 1 is 1.18 bits per heavy atom. The lowest BCUT2D eigenvalue weighted by molar-refractivity contribution is -0.142. The first-order chi connectivity index (χ1) is 13.3. The summed E-state index contributed by atoms with van der Waals surface area (Å²) in [6, 6.07) is 3.94. The van der Waals surface area contributed by atoms with Crippen molar-refractivity contribution in [3.63, 3.8) is 0 Å². The molecule has 2 aliphatic rings. The molecule has 1 spiro atoms. The van der Waals surface area contributed by atoms with Crippen LogP contribution in [0.4, 0.5) is 8.78 Å². The maximum atomic E-state index is 13.8. The SMILES string of the molecule is CN(C)CCN1CC2(CCC1=O)CCN(C(=O)Cc1cccc(F)c1F)CC2. The molecule has 0 radical (unpaired) electrons. The van der Waals surface area contributed by atoms with E-state index in [0.29, 0.717) is 19.5 Å². The summed E-state index contributed by atoms with van der Waals surface area (Å²) in [7, 11) is 3.99. The summed E-state index contributed by atoms with van der Waals surface area (Å²) in [5.41, 5.74) is 0.171. The average molecular weight is 393 g/mol. The van der Waals surface area contributed by atoms with Gasteiger partial charge < -0.3 is 14.7 Å². The van der Waals surface area contributed by atoms with E-state index in [2.05, 4.69) is 4.90 Å². The van der Waals surface area contributed by atoms with Gasteiger partial charge in [0.2, 0.25) is 11.8 Å². The molecule has 0 bridgehead atoms. The Hall–Kier alpha value is -2.02. The van der Waals surface area contributed by atoms with Crippen molar-refractivity contribution in [2.75, 3.05) is 46.8 Å². The van der Waals surface area contributed by atoms with E-state index in [-0.39, 0.29) is 29.2 Å². The van der Waals surface area contributed by atoms with Crippen LogP contribution >= 0.6 is 0 Å². The minimum absolute atomic E-state index is 0.0705. The number of nitrogens with zero attached hydrogens (tertiary/aromatic N) is 3. The summed E-state index contributed by atoms with van der Waals surface area (Å²) < 4.78 is 27.2. The van der Waals surface area contributed by atoms with Gasteiger partial charge in [-0.15, -0.1) is 0 Å². The molecule has 2 fully saturated rings. The topological polar surface area (TPSA) is 43.9 Å². The van der Waals surface area contributed by atoms with Gasteiger partial charge in [-0.3, -0.25) is 9.59 Å². The van der Waals surface area contributed by atoms with Gasteiger partial charge in [-0.1, -0.05) is 12.1 Å². The van der Waals surface area contributed by atoms with E-state index >= 15 is 0 Å². The number of carbonyl (C=O) groups excluding carboxylic acids is 2. The fourth-order valence-corrected chi connectivity index (χ4v) is 4.23. The second-order valence-corrected chi connectivity index (χ2v) is 8.39. The van der Waals surface area contributed by atoms with Crippen molar-refractivity contribution in [2.45, 2.75) is 32.1 Å².